The molecular weight excluding hydrogens is 318 g/mol. The molecule has 0 aromatic carbocycles. The van der Waals surface area contributed by atoms with Gasteiger partial charge in [0.15, 0.2) is 0 Å². The van der Waals surface area contributed by atoms with Gasteiger partial charge in [-0.2, -0.15) is 4.31 Å². The summed E-state index contributed by atoms with van der Waals surface area (Å²) in [5.74, 6) is -1.77. The predicted molar refractivity (Wildman–Crippen MR) is 74.8 cm³/mol. The summed E-state index contributed by atoms with van der Waals surface area (Å²) in [5, 5.41) is 10.5. The van der Waals surface area contributed by atoms with Gasteiger partial charge in [0.05, 0.1) is 12.0 Å². The first-order chi connectivity index (χ1) is 9.87. The number of piperidine rings is 1. The minimum Gasteiger partial charge on any atom is -0.480 e. The van der Waals surface area contributed by atoms with E-state index in [1.54, 1.807) is 0 Å². The normalized spacial score (nSPS) is 20.1. The van der Waals surface area contributed by atoms with Gasteiger partial charge in [-0.25, -0.2) is 13.2 Å². The standard InChI is InChI=1S/C12H15NO6S2/c1-19-12(16)10-6-8(7-20-10)21(17,18)13-5-3-2-4-9(13)11(14)15/h6-7,9H,2-5H2,1H3,(H,14,15). The van der Waals surface area contributed by atoms with Crippen LogP contribution in [0, 0.1) is 0 Å². The molecule has 1 aliphatic rings. The van der Waals surface area contributed by atoms with Crippen LogP contribution >= 0.6 is 11.3 Å². The minimum absolute atomic E-state index is 0.0685. The zero-order valence-electron chi connectivity index (χ0n) is 11.3. The number of methoxy groups -OCH3 is 1. The summed E-state index contributed by atoms with van der Waals surface area (Å²) >= 11 is 0.955. The van der Waals surface area contributed by atoms with Crippen LogP contribution in [0.3, 0.4) is 0 Å². The van der Waals surface area contributed by atoms with E-state index in [-0.39, 0.29) is 16.3 Å². The highest BCUT2D eigenvalue weighted by Crippen LogP contribution is 2.28. The lowest BCUT2D eigenvalue weighted by molar-refractivity contribution is -0.142. The molecule has 1 aliphatic heterocycles. The molecule has 1 atom stereocenters. The third-order valence-corrected chi connectivity index (χ3v) is 6.25. The molecule has 0 radical (unpaired) electrons. The number of carboxylic acid groups (broad SMARTS) is 1. The van der Waals surface area contributed by atoms with Gasteiger partial charge < -0.3 is 9.84 Å². The number of sulfonamides is 1. The summed E-state index contributed by atoms with van der Waals surface area (Å²) in [6, 6.07) is 0.171. The Bertz CT molecular complexity index is 650. The van der Waals surface area contributed by atoms with Crippen molar-refractivity contribution in [3.8, 4) is 0 Å². The van der Waals surface area contributed by atoms with Crippen molar-refractivity contribution in [1.82, 2.24) is 4.31 Å². The Kier molecular flexibility index (Phi) is 4.64. The molecule has 1 N–H and O–H groups in total. The van der Waals surface area contributed by atoms with Crippen LogP contribution in [-0.2, 0) is 19.6 Å². The van der Waals surface area contributed by atoms with Crippen LogP contribution < -0.4 is 0 Å². The summed E-state index contributed by atoms with van der Waals surface area (Å²) in [6.45, 7) is 0.169. The Labute approximate surface area is 126 Å². The van der Waals surface area contributed by atoms with Gasteiger partial charge in [-0.05, 0) is 25.3 Å². The fraction of sp³-hybridized carbons (Fsp3) is 0.500. The number of thiophene rings is 1. The number of carbonyl (C=O) groups is 2. The van der Waals surface area contributed by atoms with Crippen LogP contribution in [0.5, 0.6) is 0 Å². The molecule has 116 valence electrons. The molecular formula is C12H15NO6S2. The quantitative estimate of drug-likeness (QED) is 0.830. The van der Waals surface area contributed by atoms with Crippen molar-refractivity contribution >= 4 is 33.3 Å². The van der Waals surface area contributed by atoms with Gasteiger partial charge in [-0.15, -0.1) is 11.3 Å². The molecule has 1 aromatic rings. The number of hydrogen-bond donors (Lipinski definition) is 1. The van der Waals surface area contributed by atoms with E-state index < -0.39 is 28.0 Å². The number of ether oxygens (including phenoxy) is 1. The fourth-order valence-corrected chi connectivity index (χ4v) is 5.07. The highest BCUT2D eigenvalue weighted by Gasteiger charge is 2.38. The van der Waals surface area contributed by atoms with Crippen molar-refractivity contribution in [1.29, 1.82) is 0 Å². The van der Waals surface area contributed by atoms with Crippen LogP contribution in [0.2, 0.25) is 0 Å². The van der Waals surface area contributed by atoms with Crippen LogP contribution in [0.25, 0.3) is 0 Å². The van der Waals surface area contributed by atoms with E-state index in [1.807, 2.05) is 0 Å². The van der Waals surface area contributed by atoms with Crippen molar-refractivity contribution in [2.45, 2.75) is 30.2 Å². The van der Waals surface area contributed by atoms with Crippen molar-refractivity contribution in [2.75, 3.05) is 13.7 Å². The Hall–Kier alpha value is -1.45. The SMILES string of the molecule is COC(=O)c1cc(S(=O)(=O)N2CCCCC2C(=O)O)cs1. The minimum atomic E-state index is -3.92. The lowest BCUT2D eigenvalue weighted by Gasteiger charge is -2.31. The third-order valence-electron chi connectivity index (χ3n) is 3.31. The molecule has 2 heterocycles. The third kappa shape index (κ3) is 3.09. The van der Waals surface area contributed by atoms with E-state index in [4.69, 9.17) is 0 Å². The van der Waals surface area contributed by atoms with Gasteiger partial charge >= 0.3 is 11.9 Å². The first-order valence-electron chi connectivity index (χ1n) is 6.29. The lowest BCUT2D eigenvalue weighted by atomic mass is 10.1. The van der Waals surface area contributed by atoms with E-state index in [0.29, 0.717) is 19.3 Å². The van der Waals surface area contributed by atoms with E-state index in [9.17, 15) is 23.1 Å². The largest absolute Gasteiger partial charge is 0.480 e. The van der Waals surface area contributed by atoms with Crippen LogP contribution in [-0.4, -0.2) is 49.5 Å². The number of hydrogen-bond acceptors (Lipinski definition) is 6. The zero-order chi connectivity index (χ0) is 15.6. The predicted octanol–water partition coefficient (Wildman–Crippen LogP) is 1.16. The van der Waals surface area contributed by atoms with E-state index in [0.717, 1.165) is 15.6 Å². The highest BCUT2D eigenvalue weighted by atomic mass is 32.2. The van der Waals surface area contributed by atoms with Crippen LogP contribution in [0.4, 0.5) is 0 Å². The average molecular weight is 333 g/mol. The molecule has 21 heavy (non-hydrogen) atoms. The molecule has 0 amide bonds. The van der Waals surface area contributed by atoms with E-state index >= 15 is 0 Å². The van der Waals surface area contributed by atoms with Gasteiger partial charge in [0, 0.05) is 11.9 Å². The first-order valence-corrected chi connectivity index (χ1v) is 8.61. The van der Waals surface area contributed by atoms with Crippen molar-refractivity contribution in [3.05, 3.63) is 16.3 Å². The summed E-state index contributed by atoms with van der Waals surface area (Å²) in [7, 11) is -2.71. The average Bonchev–Trinajstić information content (AvgIpc) is 2.97. The molecule has 0 saturated carbocycles. The monoisotopic (exact) mass is 333 g/mol. The van der Waals surface area contributed by atoms with Gasteiger partial charge in [-0.1, -0.05) is 0 Å². The van der Waals surface area contributed by atoms with E-state index in [1.165, 1.54) is 18.6 Å². The maximum Gasteiger partial charge on any atom is 0.348 e. The molecule has 1 aromatic heterocycles. The topological polar surface area (TPSA) is 101 Å². The van der Waals surface area contributed by atoms with Crippen LogP contribution in [0.1, 0.15) is 28.9 Å². The van der Waals surface area contributed by atoms with Crippen LogP contribution in [0.15, 0.2) is 16.3 Å². The lowest BCUT2D eigenvalue weighted by Crippen LogP contribution is -2.47. The fourth-order valence-electron chi connectivity index (χ4n) is 2.24. The molecule has 2 rings (SSSR count). The number of aliphatic carboxylic acids is 1. The number of esters is 1. The maximum absolute atomic E-state index is 12.5. The number of rotatable bonds is 4. The number of nitrogens with zero attached hydrogens (tertiary/aromatic N) is 1. The number of carboxylic acids is 1. The van der Waals surface area contributed by atoms with Gasteiger partial charge in [-0.3, -0.25) is 4.79 Å². The second-order valence-electron chi connectivity index (χ2n) is 4.60. The second-order valence-corrected chi connectivity index (χ2v) is 7.41. The molecule has 1 fully saturated rings. The maximum atomic E-state index is 12.5. The van der Waals surface area contributed by atoms with Crippen molar-refractivity contribution < 1.29 is 27.9 Å². The Morgan fingerprint density at radius 1 is 1.43 bits per heavy atom. The molecule has 0 aliphatic carbocycles. The smallest absolute Gasteiger partial charge is 0.348 e. The Balaban J connectivity index is 2.34. The van der Waals surface area contributed by atoms with Gasteiger partial charge in [0.1, 0.15) is 10.9 Å². The van der Waals surface area contributed by atoms with Gasteiger partial charge in [0.25, 0.3) is 0 Å². The molecule has 0 bridgehead atoms. The Morgan fingerprint density at radius 2 is 2.14 bits per heavy atom. The molecule has 9 heteroatoms. The summed E-state index contributed by atoms with van der Waals surface area (Å²) in [6.07, 6.45) is 1.60. The molecule has 7 nitrogen and oxygen atoms in total. The summed E-state index contributed by atoms with van der Waals surface area (Å²) in [5.41, 5.74) is 0. The molecule has 0 spiro atoms. The summed E-state index contributed by atoms with van der Waals surface area (Å²) < 4.78 is 30.6. The first kappa shape index (κ1) is 15.9. The van der Waals surface area contributed by atoms with Crippen molar-refractivity contribution in [2.24, 2.45) is 0 Å². The number of carbonyl (C=O) groups excluding carboxylic acids is 1. The van der Waals surface area contributed by atoms with E-state index in [2.05, 4.69) is 4.74 Å². The second kappa shape index (κ2) is 6.12. The highest BCUT2D eigenvalue weighted by molar-refractivity contribution is 7.89. The Morgan fingerprint density at radius 3 is 2.76 bits per heavy atom. The van der Waals surface area contributed by atoms with Crippen molar-refractivity contribution in [3.63, 3.8) is 0 Å². The molecule has 1 unspecified atom stereocenters. The zero-order valence-corrected chi connectivity index (χ0v) is 12.9. The molecule has 1 saturated heterocycles. The van der Waals surface area contributed by atoms with Gasteiger partial charge in [0.2, 0.25) is 10.0 Å². The summed E-state index contributed by atoms with van der Waals surface area (Å²) in [4.78, 5) is 22.7.